The molecule has 1 aliphatic rings. The van der Waals surface area contributed by atoms with E-state index >= 15 is 0 Å². The fraction of sp³-hybridized carbons (Fsp3) is 0. The van der Waals surface area contributed by atoms with Crippen LogP contribution in [0.4, 0.5) is 5.69 Å². The summed E-state index contributed by atoms with van der Waals surface area (Å²) in [5.41, 5.74) is 2.88. The highest BCUT2D eigenvalue weighted by atomic mass is 16.6. The summed E-state index contributed by atoms with van der Waals surface area (Å²) in [4.78, 5) is 42.0. The van der Waals surface area contributed by atoms with Crippen LogP contribution in [0.25, 0.3) is 33.0 Å². The Labute approximate surface area is 157 Å². The number of rotatable bonds is 3. The molecule has 0 saturated heterocycles. The Bertz CT molecular complexity index is 1360. The zero-order valence-electron chi connectivity index (χ0n) is 14.3. The number of nitro benzene ring substituents is 1. The van der Waals surface area contributed by atoms with Crippen molar-refractivity contribution in [2.24, 2.45) is 0 Å². The van der Waals surface area contributed by atoms with Gasteiger partial charge in [-0.25, -0.2) is 0 Å². The van der Waals surface area contributed by atoms with Crippen molar-refractivity contribution >= 4 is 50.5 Å². The second-order valence-electron chi connectivity index (χ2n) is 6.47. The lowest BCUT2D eigenvalue weighted by Gasteiger charge is -2.03. The topological polar surface area (TPSA) is 121 Å². The molecule has 1 aliphatic heterocycles. The van der Waals surface area contributed by atoms with E-state index in [1.54, 1.807) is 18.5 Å². The lowest BCUT2D eigenvalue weighted by atomic mass is 9.95. The summed E-state index contributed by atoms with van der Waals surface area (Å²) in [5.74, 6) is -1.03. The number of hydrogen-bond acceptors (Lipinski definition) is 4. The Hall–Kier alpha value is -4.20. The van der Waals surface area contributed by atoms with Crippen LogP contribution in [-0.2, 0) is 9.59 Å². The van der Waals surface area contributed by atoms with Crippen LogP contribution in [0.5, 0.6) is 0 Å². The molecule has 28 heavy (non-hydrogen) atoms. The number of nitro groups is 1. The van der Waals surface area contributed by atoms with Crippen molar-refractivity contribution in [3.05, 3.63) is 76.1 Å². The molecule has 8 nitrogen and oxygen atoms in total. The largest absolute Gasteiger partial charge is 0.361 e. The quantitative estimate of drug-likeness (QED) is 0.291. The molecule has 3 heterocycles. The third kappa shape index (κ3) is 2.18. The van der Waals surface area contributed by atoms with E-state index in [4.69, 9.17) is 0 Å². The molecule has 0 fully saturated rings. The van der Waals surface area contributed by atoms with Gasteiger partial charge in [-0.3, -0.25) is 25.0 Å². The minimum Gasteiger partial charge on any atom is -0.361 e. The number of para-hydroxylation sites is 1. The molecular formula is C20H12N4O4. The highest BCUT2D eigenvalue weighted by molar-refractivity contribution is 6.50. The maximum atomic E-state index is 12.6. The van der Waals surface area contributed by atoms with Gasteiger partial charge in [-0.05, 0) is 12.1 Å². The van der Waals surface area contributed by atoms with Crippen LogP contribution in [0.15, 0.2) is 54.9 Å². The third-order valence-electron chi connectivity index (χ3n) is 4.94. The number of carbonyl (C=O) groups excluding carboxylic acids is 2. The minimum absolute atomic E-state index is 0.0904. The van der Waals surface area contributed by atoms with Gasteiger partial charge in [0.05, 0.1) is 16.1 Å². The first kappa shape index (κ1) is 16.0. The molecule has 2 amide bonds. The monoisotopic (exact) mass is 372 g/mol. The molecule has 0 saturated carbocycles. The van der Waals surface area contributed by atoms with E-state index in [1.807, 2.05) is 24.3 Å². The van der Waals surface area contributed by atoms with Crippen LogP contribution in [0.2, 0.25) is 0 Å². The van der Waals surface area contributed by atoms with Crippen molar-refractivity contribution in [1.29, 1.82) is 0 Å². The maximum Gasteiger partial charge on any atom is 0.270 e. The van der Waals surface area contributed by atoms with Gasteiger partial charge in [0, 0.05) is 57.5 Å². The second kappa shape index (κ2) is 5.65. The van der Waals surface area contributed by atoms with Crippen molar-refractivity contribution in [2.75, 3.05) is 0 Å². The van der Waals surface area contributed by atoms with Gasteiger partial charge in [0.25, 0.3) is 17.5 Å². The van der Waals surface area contributed by atoms with E-state index in [9.17, 15) is 19.7 Å². The Morgan fingerprint density at radius 3 is 2.07 bits per heavy atom. The first-order valence-corrected chi connectivity index (χ1v) is 8.47. The van der Waals surface area contributed by atoms with Crippen LogP contribution in [0.3, 0.4) is 0 Å². The summed E-state index contributed by atoms with van der Waals surface area (Å²) < 4.78 is 0. The minimum atomic E-state index is -0.530. The van der Waals surface area contributed by atoms with Crippen LogP contribution in [-0.4, -0.2) is 26.7 Å². The van der Waals surface area contributed by atoms with Crippen molar-refractivity contribution in [3.63, 3.8) is 0 Å². The second-order valence-corrected chi connectivity index (χ2v) is 6.47. The SMILES string of the molecule is O=C1NC(=O)C(c2c[nH]c3ccc([N+](=O)[O-])cc23)=C1c1c[nH]c2ccccc12. The zero-order valence-corrected chi connectivity index (χ0v) is 14.3. The number of hydrogen-bond donors (Lipinski definition) is 3. The highest BCUT2D eigenvalue weighted by Gasteiger charge is 2.34. The van der Waals surface area contributed by atoms with E-state index in [0.29, 0.717) is 22.0 Å². The Balaban J connectivity index is 1.82. The molecule has 0 aliphatic carbocycles. The van der Waals surface area contributed by atoms with Gasteiger partial charge in [-0.1, -0.05) is 18.2 Å². The number of aromatic nitrogens is 2. The van der Waals surface area contributed by atoms with Gasteiger partial charge >= 0.3 is 0 Å². The number of nitrogens with zero attached hydrogens (tertiary/aromatic N) is 1. The zero-order chi connectivity index (χ0) is 19.4. The molecule has 0 unspecified atom stereocenters. The molecule has 8 heteroatoms. The van der Waals surface area contributed by atoms with Gasteiger partial charge in [0.1, 0.15) is 0 Å². The van der Waals surface area contributed by atoms with Crippen molar-refractivity contribution in [1.82, 2.24) is 15.3 Å². The van der Waals surface area contributed by atoms with Crippen LogP contribution >= 0.6 is 0 Å². The average Bonchev–Trinajstić information content (AvgIpc) is 3.35. The summed E-state index contributed by atoms with van der Waals surface area (Å²) in [6.07, 6.45) is 3.28. The predicted octanol–water partition coefficient (Wildman–Crippen LogP) is 3.12. The molecule has 5 rings (SSSR count). The van der Waals surface area contributed by atoms with Crippen molar-refractivity contribution in [3.8, 4) is 0 Å². The Morgan fingerprint density at radius 1 is 0.786 bits per heavy atom. The van der Waals surface area contributed by atoms with Crippen LogP contribution in [0, 0.1) is 10.1 Å². The van der Waals surface area contributed by atoms with E-state index in [0.717, 1.165) is 10.9 Å². The van der Waals surface area contributed by atoms with E-state index in [-0.39, 0.29) is 16.8 Å². The average molecular weight is 372 g/mol. The highest BCUT2D eigenvalue weighted by Crippen LogP contribution is 2.38. The molecular weight excluding hydrogens is 360 g/mol. The summed E-state index contributed by atoms with van der Waals surface area (Å²) in [6.45, 7) is 0. The molecule has 4 aromatic rings. The summed E-state index contributed by atoms with van der Waals surface area (Å²) in [7, 11) is 0. The fourth-order valence-corrected chi connectivity index (χ4v) is 3.68. The molecule has 2 aromatic carbocycles. The molecule has 3 N–H and O–H groups in total. The first-order chi connectivity index (χ1) is 13.5. The Morgan fingerprint density at radius 2 is 1.39 bits per heavy atom. The van der Waals surface area contributed by atoms with Crippen molar-refractivity contribution < 1.29 is 14.5 Å². The molecule has 0 atom stereocenters. The predicted molar refractivity (Wildman–Crippen MR) is 103 cm³/mol. The van der Waals surface area contributed by atoms with Gasteiger partial charge in [0.15, 0.2) is 0 Å². The van der Waals surface area contributed by atoms with Gasteiger partial charge in [0.2, 0.25) is 0 Å². The number of amides is 2. The number of H-pyrrole nitrogens is 2. The summed E-state index contributed by atoms with van der Waals surface area (Å²) in [6, 6.07) is 11.8. The standard InChI is InChI=1S/C20H12N4O4/c25-19-17(13-8-21-15-4-2-1-3-11(13)15)18(20(26)23-19)14-9-22-16-6-5-10(24(27)28)7-12(14)16/h1-9,21-22H,(H,23,25,26). The number of fused-ring (bicyclic) bond motifs is 2. The number of benzene rings is 2. The number of carbonyl (C=O) groups is 2. The third-order valence-corrected chi connectivity index (χ3v) is 4.94. The molecule has 0 spiro atoms. The number of aromatic amines is 2. The lowest BCUT2D eigenvalue weighted by Crippen LogP contribution is -2.22. The maximum absolute atomic E-state index is 12.6. The first-order valence-electron chi connectivity index (χ1n) is 8.47. The molecule has 0 radical (unpaired) electrons. The fourth-order valence-electron chi connectivity index (χ4n) is 3.68. The van der Waals surface area contributed by atoms with Gasteiger partial charge < -0.3 is 9.97 Å². The molecule has 136 valence electrons. The smallest absolute Gasteiger partial charge is 0.270 e. The summed E-state index contributed by atoms with van der Waals surface area (Å²) in [5, 5.41) is 14.8. The van der Waals surface area contributed by atoms with Crippen LogP contribution in [0.1, 0.15) is 11.1 Å². The van der Waals surface area contributed by atoms with E-state index in [2.05, 4.69) is 15.3 Å². The molecule has 0 bridgehead atoms. The van der Waals surface area contributed by atoms with E-state index < -0.39 is 16.7 Å². The lowest BCUT2D eigenvalue weighted by molar-refractivity contribution is -0.384. The molecule has 2 aromatic heterocycles. The normalized spacial score (nSPS) is 14.3. The van der Waals surface area contributed by atoms with Gasteiger partial charge in [-0.15, -0.1) is 0 Å². The van der Waals surface area contributed by atoms with Crippen LogP contribution < -0.4 is 5.32 Å². The number of imide groups is 1. The van der Waals surface area contributed by atoms with E-state index in [1.165, 1.54) is 12.1 Å². The number of nitrogens with one attached hydrogen (secondary N) is 3. The Kier molecular flexibility index (Phi) is 3.23. The van der Waals surface area contributed by atoms with Gasteiger partial charge in [-0.2, -0.15) is 0 Å². The van der Waals surface area contributed by atoms with Crippen molar-refractivity contribution in [2.45, 2.75) is 0 Å². The summed E-state index contributed by atoms with van der Waals surface area (Å²) >= 11 is 0. The number of non-ortho nitro benzene ring substituents is 1.